The topological polar surface area (TPSA) is 15.3 Å². The smallest absolute Gasteiger partial charge is 0.00904 e. The molecule has 1 N–H and O–H groups in total. The highest BCUT2D eigenvalue weighted by Crippen LogP contribution is 2.35. The fourth-order valence-electron chi connectivity index (χ4n) is 3.10. The average Bonchev–Trinajstić information content (AvgIpc) is 2.62. The van der Waals surface area contributed by atoms with Crippen LogP contribution in [0.5, 0.6) is 0 Å². The predicted molar refractivity (Wildman–Crippen MR) is 124 cm³/mol. The molecule has 1 fully saturated rings. The van der Waals surface area contributed by atoms with Crippen molar-refractivity contribution in [1.82, 2.24) is 10.2 Å². The Morgan fingerprint density at radius 1 is 0.923 bits per heavy atom. The lowest BCUT2D eigenvalue weighted by Crippen LogP contribution is -2.58. The van der Waals surface area contributed by atoms with Crippen molar-refractivity contribution < 1.29 is 0 Å². The summed E-state index contributed by atoms with van der Waals surface area (Å²) >= 11 is 0. The second-order valence-corrected chi connectivity index (χ2v) is 8.34. The van der Waals surface area contributed by atoms with Crippen LogP contribution in [0.15, 0.2) is 0 Å². The molecule has 0 amide bonds. The van der Waals surface area contributed by atoms with Crippen molar-refractivity contribution in [2.24, 2.45) is 10.8 Å². The molecule has 2 heteroatoms. The van der Waals surface area contributed by atoms with Crippen molar-refractivity contribution in [2.75, 3.05) is 26.2 Å². The Bertz CT molecular complexity index is 263. The van der Waals surface area contributed by atoms with Crippen LogP contribution in [0.2, 0.25) is 0 Å². The summed E-state index contributed by atoms with van der Waals surface area (Å²) in [6.45, 7) is 31.3. The molecule has 1 rings (SSSR count). The van der Waals surface area contributed by atoms with E-state index < -0.39 is 0 Å². The quantitative estimate of drug-likeness (QED) is 0.425. The lowest BCUT2D eigenvalue weighted by atomic mass is 9.77. The van der Waals surface area contributed by atoms with Gasteiger partial charge in [0, 0.05) is 25.7 Å². The highest BCUT2D eigenvalue weighted by atomic mass is 15.2. The zero-order valence-corrected chi connectivity index (χ0v) is 20.9. The Balaban J connectivity index is -0.000000663. The van der Waals surface area contributed by atoms with Gasteiger partial charge in [-0.05, 0) is 43.1 Å². The third-order valence-electron chi connectivity index (χ3n) is 5.09. The molecule has 0 atom stereocenters. The van der Waals surface area contributed by atoms with Gasteiger partial charge in [0.05, 0.1) is 0 Å². The van der Waals surface area contributed by atoms with Crippen molar-refractivity contribution in [3.63, 3.8) is 0 Å². The highest BCUT2D eigenvalue weighted by molar-refractivity contribution is 4.94. The van der Waals surface area contributed by atoms with Crippen LogP contribution in [0.25, 0.3) is 0 Å². The maximum absolute atomic E-state index is 3.65. The first-order valence-electron chi connectivity index (χ1n) is 11.7. The number of hydrogen-bond acceptors (Lipinski definition) is 2. The van der Waals surface area contributed by atoms with Crippen LogP contribution < -0.4 is 5.32 Å². The number of nitrogens with zero attached hydrogens (tertiary/aromatic N) is 1. The highest BCUT2D eigenvalue weighted by Gasteiger charge is 2.40. The number of likely N-dealkylation sites (tertiary alicyclic amines) is 1. The van der Waals surface area contributed by atoms with Gasteiger partial charge in [0.2, 0.25) is 0 Å². The second-order valence-electron chi connectivity index (χ2n) is 8.34. The summed E-state index contributed by atoms with van der Waals surface area (Å²) in [7, 11) is 0. The van der Waals surface area contributed by atoms with Gasteiger partial charge >= 0.3 is 0 Å². The van der Waals surface area contributed by atoms with E-state index in [1.807, 2.05) is 27.7 Å². The van der Waals surface area contributed by atoms with E-state index in [9.17, 15) is 0 Å². The second kappa shape index (κ2) is 18.3. The Morgan fingerprint density at radius 3 is 1.69 bits per heavy atom. The fourth-order valence-corrected chi connectivity index (χ4v) is 3.10. The summed E-state index contributed by atoms with van der Waals surface area (Å²) in [6.07, 6.45) is 6.42. The van der Waals surface area contributed by atoms with Crippen LogP contribution in [0.1, 0.15) is 115 Å². The molecule has 1 saturated heterocycles. The summed E-state index contributed by atoms with van der Waals surface area (Å²) in [5.41, 5.74) is 1.01. The van der Waals surface area contributed by atoms with Crippen molar-refractivity contribution >= 4 is 0 Å². The summed E-state index contributed by atoms with van der Waals surface area (Å²) < 4.78 is 0. The van der Waals surface area contributed by atoms with E-state index in [1.54, 1.807) is 0 Å². The number of nitrogens with one attached hydrogen (secondary N) is 1. The Hall–Kier alpha value is -0.0800. The van der Waals surface area contributed by atoms with Crippen molar-refractivity contribution in [2.45, 2.75) is 121 Å². The molecule has 0 spiro atoms. The van der Waals surface area contributed by atoms with Crippen molar-refractivity contribution in [3.8, 4) is 0 Å². The van der Waals surface area contributed by atoms with Crippen LogP contribution in [-0.2, 0) is 0 Å². The molecular formula is C24H56N2. The number of rotatable bonds is 9. The van der Waals surface area contributed by atoms with Gasteiger partial charge in [-0.25, -0.2) is 0 Å². The minimum atomic E-state index is 0.446. The molecule has 26 heavy (non-hydrogen) atoms. The third kappa shape index (κ3) is 14.0. The maximum Gasteiger partial charge on any atom is 0.00904 e. The van der Waals surface area contributed by atoms with Gasteiger partial charge in [0.1, 0.15) is 0 Å². The average molecular weight is 373 g/mol. The lowest BCUT2D eigenvalue weighted by Gasteiger charge is -2.52. The first-order valence-corrected chi connectivity index (χ1v) is 11.7. The number of hydrogen-bond donors (Lipinski definition) is 1. The Kier molecular flexibility index (Phi) is 21.6. The summed E-state index contributed by atoms with van der Waals surface area (Å²) in [6, 6.07) is 0.819. The van der Waals surface area contributed by atoms with Gasteiger partial charge in [-0.1, -0.05) is 89.5 Å². The van der Waals surface area contributed by atoms with E-state index in [-0.39, 0.29) is 0 Å². The minimum absolute atomic E-state index is 0.446. The molecule has 0 aromatic carbocycles. The van der Waals surface area contributed by atoms with E-state index in [4.69, 9.17) is 0 Å². The van der Waals surface area contributed by atoms with Crippen LogP contribution in [0.4, 0.5) is 0 Å². The lowest BCUT2D eigenvalue weighted by molar-refractivity contribution is -0.0263. The zero-order valence-electron chi connectivity index (χ0n) is 20.9. The van der Waals surface area contributed by atoms with Crippen LogP contribution >= 0.6 is 0 Å². The fraction of sp³-hybridized carbons (Fsp3) is 1.00. The van der Waals surface area contributed by atoms with Crippen molar-refractivity contribution in [1.29, 1.82) is 0 Å². The molecule has 0 aromatic heterocycles. The Labute approximate surface area is 168 Å². The summed E-state index contributed by atoms with van der Waals surface area (Å²) in [4.78, 5) is 2.68. The molecular weight excluding hydrogens is 316 g/mol. The van der Waals surface area contributed by atoms with Gasteiger partial charge in [-0.3, -0.25) is 4.90 Å². The van der Waals surface area contributed by atoms with E-state index in [0.717, 1.165) is 12.6 Å². The standard InChI is InChI=1S/C17H36N2.C3H8.2C2H6/c1-7-15(8-2)19-13-17(6,14-19)10-11-18-12-16(4,5)9-3;1-3-2;2*1-2/h15,18H,7-14H2,1-6H3;3H2,1-2H3;2*1-2H3. The van der Waals surface area contributed by atoms with E-state index in [0.29, 0.717) is 10.8 Å². The molecule has 1 aliphatic rings. The zero-order chi connectivity index (χ0) is 21.2. The van der Waals surface area contributed by atoms with Crippen LogP contribution in [0, 0.1) is 10.8 Å². The molecule has 2 nitrogen and oxygen atoms in total. The largest absolute Gasteiger partial charge is 0.316 e. The Morgan fingerprint density at radius 2 is 1.35 bits per heavy atom. The van der Waals surface area contributed by atoms with E-state index in [2.05, 4.69) is 65.6 Å². The van der Waals surface area contributed by atoms with Gasteiger partial charge in [-0.15, -0.1) is 0 Å². The first kappa shape index (κ1) is 30.6. The molecule has 1 heterocycles. The molecule has 0 bridgehead atoms. The monoisotopic (exact) mass is 372 g/mol. The summed E-state index contributed by atoms with van der Waals surface area (Å²) in [5.74, 6) is 0. The van der Waals surface area contributed by atoms with Crippen LogP contribution in [-0.4, -0.2) is 37.1 Å². The maximum atomic E-state index is 3.65. The van der Waals surface area contributed by atoms with Gasteiger partial charge in [-0.2, -0.15) is 0 Å². The molecule has 0 radical (unpaired) electrons. The molecule has 0 aliphatic carbocycles. The van der Waals surface area contributed by atoms with Gasteiger partial charge in [0.15, 0.2) is 0 Å². The molecule has 162 valence electrons. The van der Waals surface area contributed by atoms with Crippen molar-refractivity contribution in [3.05, 3.63) is 0 Å². The molecule has 0 aromatic rings. The van der Waals surface area contributed by atoms with Gasteiger partial charge in [0.25, 0.3) is 0 Å². The normalized spacial score (nSPS) is 15.6. The predicted octanol–water partition coefficient (Wildman–Crippen LogP) is 7.38. The van der Waals surface area contributed by atoms with E-state index in [1.165, 1.54) is 51.7 Å². The van der Waals surface area contributed by atoms with Gasteiger partial charge < -0.3 is 5.32 Å². The first-order chi connectivity index (χ1) is 12.3. The van der Waals surface area contributed by atoms with E-state index >= 15 is 0 Å². The molecule has 0 unspecified atom stereocenters. The SMILES string of the molecule is CC.CC.CCC.CCC(CC)N1CC(C)(CCNCC(C)(C)CC)C1. The molecule has 1 aliphatic heterocycles. The molecule has 0 saturated carbocycles. The minimum Gasteiger partial charge on any atom is -0.316 e. The third-order valence-corrected chi connectivity index (χ3v) is 5.09. The summed E-state index contributed by atoms with van der Waals surface area (Å²) in [5, 5.41) is 3.65. The van der Waals surface area contributed by atoms with Crippen LogP contribution in [0.3, 0.4) is 0 Å².